The normalized spacial score (nSPS) is 11.0. The molecule has 0 saturated heterocycles. The zero-order valence-corrected chi connectivity index (χ0v) is 12.5. The maximum Gasteiger partial charge on any atom is 0.235 e. The number of hydrogen-bond donors (Lipinski definition) is 0. The molecular formula is C15H11N5OS. The Balaban J connectivity index is 1.87. The third kappa shape index (κ3) is 2.03. The molecule has 6 nitrogen and oxygen atoms in total. The maximum absolute atomic E-state index is 5.40. The highest BCUT2D eigenvalue weighted by Crippen LogP contribution is 2.33. The molecule has 0 aliphatic rings. The minimum Gasteiger partial charge on any atom is -0.496 e. The molecule has 4 aromatic rings. The Kier molecular flexibility index (Phi) is 3.05. The van der Waals surface area contributed by atoms with E-state index in [9.17, 15) is 0 Å². The molecule has 22 heavy (non-hydrogen) atoms. The van der Waals surface area contributed by atoms with Crippen molar-refractivity contribution in [2.75, 3.05) is 7.11 Å². The van der Waals surface area contributed by atoms with Gasteiger partial charge in [-0.05, 0) is 24.3 Å². The molecule has 0 aliphatic heterocycles. The van der Waals surface area contributed by atoms with E-state index in [4.69, 9.17) is 4.74 Å². The highest BCUT2D eigenvalue weighted by Gasteiger charge is 2.16. The van der Waals surface area contributed by atoms with Crippen LogP contribution in [0.25, 0.3) is 26.9 Å². The van der Waals surface area contributed by atoms with E-state index in [-0.39, 0.29) is 0 Å². The van der Waals surface area contributed by atoms with E-state index in [1.165, 1.54) is 11.3 Å². The first-order chi connectivity index (χ1) is 10.9. The lowest BCUT2D eigenvalue weighted by Crippen LogP contribution is -1.92. The molecule has 0 atom stereocenters. The van der Waals surface area contributed by atoms with Crippen molar-refractivity contribution in [3.8, 4) is 27.7 Å². The lowest BCUT2D eigenvalue weighted by atomic mass is 10.2. The number of hydrogen-bond acceptors (Lipinski definition) is 6. The van der Waals surface area contributed by atoms with Crippen molar-refractivity contribution in [2.45, 2.75) is 0 Å². The summed E-state index contributed by atoms with van der Waals surface area (Å²) in [6.45, 7) is 0. The summed E-state index contributed by atoms with van der Waals surface area (Å²) >= 11 is 1.48. The fourth-order valence-corrected chi connectivity index (χ4v) is 3.10. The van der Waals surface area contributed by atoms with Crippen molar-refractivity contribution in [1.82, 2.24) is 24.8 Å². The van der Waals surface area contributed by atoms with Crippen molar-refractivity contribution in [3.63, 3.8) is 0 Å². The number of methoxy groups -OCH3 is 1. The number of ether oxygens (including phenoxy) is 1. The standard InChI is InChI=1S/C15H11N5OS/c1-21-12-5-3-2-4-11(12)14-19-20-13(17-18-15(20)22-14)10-6-8-16-9-7-10/h2-9H,1H3. The van der Waals surface area contributed by atoms with Crippen LogP contribution in [0.5, 0.6) is 5.75 Å². The van der Waals surface area contributed by atoms with Crippen LogP contribution in [-0.4, -0.2) is 31.9 Å². The first-order valence-electron chi connectivity index (χ1n) is 6.63. The van der Waals surface area contributed by atoms with E-state index < -0.39 is 0 Å². The van der Waals surface area contributed by atoms with Crippen molar-refractivity contribution in [2.24, 2.45) is 0 Å². The van der Waals surface area contributed by atoms with Crippen LogP contribution in [0.1, 0.15) is 0 Å². The van der Waals surface area contributed by atoms with Crippen molar-refractivity contribution in [1.29, 1.82) is 0 Å². The molecule has 108 valence electrons. The van der Waals surface area contributed by atoms with Gasteiger partial charge in [-0.25, -0.2) is 0 Å². The van der Waals surface area contributed by atoms with Crippen LogP contribution in [0.15, 0.2) is 48.8 Å². The fourth-order valence-electron chi connectivity index (χ4n) is 2.23. The number of fused-ring (bicyclic) bond motifs is 1. The topological polar surface area (TPSA) is 65.2 Å². The number of para-hydroxylation sites is 1. The van der Waals surface area contributed by atoms with E-state index >= 15 is 0 Å². The van der Waals surface area contributed by atoms with Gasteiger partial charge < -0.3 is 4.74 Å². The molecule has 0 unspecified atom stereocenters. The third-order valence-corrected chi connectivity index (χ3v) is 4.20. The van der Waals surface area contributed by atoms with E-state index in [0.29, 0.717) is 5.82 Å². The SMILES string of the molecule is COc1ccccc1-c1nn2c(-c3ccncc3)nnc2s1. The first kappa shape index (κ1) is 12.9. The second kappa shape index (κ2) is 5.19. The monoisotopic (exact) mass is 309 g/mol. The second-order valence-corrected chi connectivity index (χ2v) is 5.52. The van der Waals surface area contributed by atoms with Crippen LogP contribution in [0.4, 0.5) is 0 Å². The minimum absolute atomic E-state index is 0.704. The van der Waals surface area contributed by atoms with Gasteiger partial charge in [-0.2, -0.15) is 9.61 Å². The summed E-state index contributed by atoms with van der Waals surface area (Å²) in [5.41, 5.74) is 1.88. The Morgan fingerprint density at radius 1 is 1.05 bits per heavy atom. The van der Waals surface area contributed by atoms with E-state index in [2.05, 4.69) is 20.3 Å². The number of pyridine rings is 1. The highest BCUT2D eigenvalue weighted by molar-refractivity contribution is 7.19. The number of nitrogens with zero attached hydrogens (tertiary/aromatic N) is 5. The summed E-state index contributed by atoms with van der Waals surface area (Å²) in [6, 6.07) is 11.6. The molecule has 3 heterocycles. The molecule has 1 aromatic carbocycles. The van der Waals surface area contributed by atoms with Crippen LogP contribution >= 0.6 is 11.3 Å². The lowest BCUT2D eigenvalue weighted by Gasteiger charge is -2.04. The van der Waals surface area contributed by atoms with Crippen LogP contribution in [0.2, 0.25) is 0 Å². The third-order valence-electron chi connectivity index (χ3n) is 3.27. The Morgan fingerprint density at radius 2 is 1.86 bits per heavy atom. The molecule has 0 radical (unpaired) electrons. The zero-order chi connectivity index (χ0) is 14.9. The van der Waals surface area contributed by atoms with Gasteiger partial charge >= 0.3 is 0 Å². The Hall–Kier alpha value is -2.80. The van der Waals surface area contributed by atoms with Crippen molar-refractivity contribution >= 4 is 16.3 Å². The van der Waals surface area contributed by atoms with Gasteiger partial charge in [-0.1, -0.05) is 23.5 Å². The Morgan fingerprint density at radius 3 is 2.68 bits per heavy atom. The predicted octanol–water partition coefficient (Wildman–Crippen LogP) is 2.92. The van der Waals surface area contributed by atoms with Crippen LogP contribution < -0.4 is 4.74 Å². The van der Waals surface area contributed by atoms with E-state index in [0.717, 1.165) is 26.8 Å². The summed E-state index contributed by atoms with van der Waals surface area (Å²) in [4.78, 5) is 4.76. The molecule has 0 fully saturated rings. The summed E-state index contributed by atoms with van der Waals surface area (Å²) in [5.74, 6) is 1.49. The largest absolute Gasteiger partial charge is 0.496 e. The molecule has 0 saturated carbocycles. The lowest BCUT2D eigenvalue weighted by molar-refractivity contribution is 0.416. The minimum atomic E-state index is 0.704. The van der Waals surface area contributed by atoms with Crippen molar-refractivity contribution < 1.29 is 4.74 Å². The van der Waals surface area contributed by atoms with Gasteiger partial charge in [0.05, 0.1) is 12.7 Å². The molecular weight excluding hydrogens is 298 g/mol. The summed E-state index contributed by atoms with van der Waals surface area (Å²) in [7, 11) is 1.65. The summed E-state index contributed by atoms with van der Waals surface area (Å²) in [6.07, 6.45) is 3.45. The van der Waals surface area contributed by atoms with Gasteiger partial charge in [0.2, 0.25) is 4.96 Å². The van der Waals surface area contributed by atoms with Gasteiger partial charge in [0.15, 0.2) is 10.8 Å². The smallest absolute Gasteiger partial charge is 0.235 e. The average Bonchev–Trinajstić information content (AvgIpc) is 3.16. The number of aromatic nitrogens is 5. The highest BCUT2D eigenvalue weighted by atomic mass is 32.1. The average molecular weight is 309 g/mol. The summed E-state index contributed by atoms with van der Waals surface area (Å²) < 4.78 is 7.15. The molecule has 0 N–H and O–H groups in total. The Labute approximate surface area is 130 Å². The van der Waals surface area contributed by atoms with E-state index in [1.54, 1.807) is 24.0 Å². The molecule has 3 aromatic heterocycles. The zero-order valence-electron chi connectivity index (χ0n) is 11.7. The molecule has 0 aliphatic carbocycles. The van der Waals surface area contributed by atoms with Crippen LogP contribution in [-0.2, 0) is 0 Å². The summed E-state index contributed by atoms with van der Waals surface area (Å²) in [5, 5.41) is 13.9. The van der Waals surface area contributed by atoms with Gasteiger partial charge in [-0.3, -0.25) is 4.98 Å². The van der Waals surface area contributed by atoms with Crippen molar-refractivity contribution in [3.05, 3.63) is 48.8 Å². The molecule has 0 amide bonds. The molecule has 4 rings (SSSR count). The number of benzene rings is 1. The predicted molar refractivity (Wildman–Crippen MR) is 83.9 cm³/mol. The second-order valence-electron chi connectivity index (χ2n) is 4.56. The molecule has 0 bridgehead atoms. The Bertz CT molecular complexity index is 931. The molecule has 0 spiro atoms. The van der Waals surface area contributed by atoms with Crippen LogP contribution in [0, 0.1) is 0 Å². The van der Waals surface area contributed by atoms with E-state index in [1.807, 2.05) is 36.4 Å². The van der Waals surface area contributed by atoms with Crippen LogP contribution in [0.3, 0.4) is 0 Å². The first-order valence-corrected chi connectivity index (χ1v) is 7.44. The van der Waals surface area contributed by atoms with Gasteiger partial charge in [0.25, 0.3) is 0 Å². The van der Waals surface area contributed by atoms with Gasteiger partial charge in [0, 0.05) is 18.0 Å². The fraction of sp³-hybridized carbons (Fsp3) is 0.0667. The van der Waals surface area contributed by atoms with Gasteiger partial charge in [-0.15, -0.1) is 10.2 Å². The maximum atomic E-state index is 5.40. The molecule has 7 heteroatoms. The number of rotatable bonds is 3. The quantitative estimate of drug-likeness (QED) is 0.582. The van der Waals surface area contributed by atoms with Gasteiger partial charge in [0.1, 0.15) is 5.75 Å².